The van der Waals surface area contributed by atoms with Gasteiger partial charge < -0.3 is 14.7 Å². The Morgan fingerprint density at radius 1 is 1.33 bits per heavy atom. The minimum Gasteiger partial charge on any atom is -0.494 e. The molecule has 1 amide bonds. The molecule has 0 unspecified atom stereocenters. The Morgan fingerprint density at radius 3 is 2.52 bits per heavy atom. The van der Waals surface area contributed by atoms with Gasteiger partial charge in [-0.05, 0) is 38.0 Å². The number of carbonyl (C=O) groups excluding carboxylic acids is 1. The van der Waals surface area contributed by atoms with Crippen LogP contribution in [-0.2, 0) is 16.0 Å². The topological polar surface area (TPSA) is 66.8 Å². The summed E-state index contributed by atoms with van der Waals surface area (Å²) in [6.07, 6.45) is 0.805. The molecule has 5 heteroatoms. The molecule has 2 rings (SSSR count). The van der Waals surface area contributed by atoms with E-state index in [1.54, 1.807) is 11.8 Å². The van der Waals surface area contributed by atoms with Gasteiger partial charge in [0.05, 0.1) is 18.4 Å². The van der Waals surface area contributed by atoms with Gasteiger partial charge in [-0.1, -0.05) is 12.1 Å². The maximum absolute atomic E-state index is 12.2. The van der Waals surface area contributed by atoms with Crippen LogP contribution in [0.4, 0.5) is 0 Å². The number of rotatable bonds is 5. The molecule has 1 heterocycles. The highest BCUT2D eigenvalue weighted by molar-refractivity contribution is 5.82. The van der Waals surface area contributed by atoms with Crippen molar-refractivity contribution in [2.75, 3.05) is 19.7 Å². The number of carbonyl (C=O) groups is 2. The Kier molecular flexibility index (Phi) is 4.50. The van der Waals surface area contributed by atoms with Crippen molar-refractivity contribution in [1.29, 1.82) is 0 Å². The highest BCUT2D eigenvalue weighted by Crippen LogP contribution is 2.30. The first-order valence-corrected chi connectivity index (χ1v) is 7.17. The Morgan fingerprint density at radius 2 is 2.00 bits per heavy atom. The summed E-state index contributed by atoms with van der Waals surface area (Å²) >= 11 is 0. The molecule has 0 bridgehead atoms. The predicted molar refractivity (Wildman–Crippen MR) is 78.3 cm³/mol. The van der Waals surface area contributed by atoms with Gasteiger partial charge in [0, 0.05) is 13.1 Å². The third-order valence-corrected chi connectivity index (χ3v) is 3.93. The van der Waals surface area contributed by atoms with Crippen LogP contribution in [0.1, 0.15) is 25.8 Å². The van der Waals surface area contributed by atoms with E-state index >= 15 is 0 Å². The van der Waals surface area contributed by atoms with Crippen molar-refractivity contribution < 1.29 is 19.4 Å². The molecule has 0 spiro atoms. The molecule has 0 radical (unpaired) electrons. The van der Waals surface area contributed by atoms with Crippen LogP contribution < -0.4 is 4.74 Å². The van der Waals surface area contributed by atoms with Crippen molar-refractivity contribution in [3.8, 4) is 5.75 Å². The summed E-state index contributed by atoms with van der Waals surface area (Å²) in [6, 6.07) is 7.43. The van der Waals surface area contributed by atoms with Gasteiger partial charge in [-0.3, -0.25) is 9.59 Å². The second-order valence-corrected chi connectivity index (χ2v) is 5.68. The van der Waals surface area contributed by atoms with Crippen molar-refractivity contribution in [3.05, 3.63) is 29.8 Å². The molecule has 1 aromatic rings. The molecule has 0 saturated carbocycles. The maximum atomic E-state index is 12.2. The van der Waals surface area contributed by atoms with E-state index in [2.05, 4.69) is 0 Å². The SMILES string of the molecule is CCOc1ccc(CC(=O)N2CC[C@@](C)(C(=O)O)C2)cc1. The third-order valence-electron chi connectivity index (χ3n) is 3.93. The molecule has 0 aliphatic carbocycles. The fourth-order valence-corrected chi connectivity index (χ4v) is 2.51. The molecule has 114 valence electrons. The zero-order valence-corrected chi connectivity index (χ0v) is 12.5. The van der Waals surface area contributed by atoms with E-state index in [4.69, 9.17) is 4.74 Å². The lowest BCUT2D eigenvalue weighted by Crippen LogP contribution is -2.35. The van der Waals surface area contributed by atoms with E-state index < -0.39 is 11.4 Å². The summed E-state index contributed by atoms with van der Waals surface area (Å²) in [5.41, 5.74) is 0.0986. The number of carboxylic acid groups (broad SMARTS) is 1. The van der Waals surface area contributed by atoms with Crippen molar-refractivity contribution in [3.63, 3.8) is 0 Å². The van der Waals surface area contributed by atoms with Gasteiger partial charge >= 0.3 is 5.97 Å². The van der Waals surface area contributed by atoms with E-state index in [0.29, 0.717) is 26.0 Å². The minimum atomic E-state index is -0.834. The molecule has 1 aliphatic heterocycles. The number of likely N-dealkylation sites (tertiary alicyclic amines) is 1. The quantitative estimate of drug-likeness (QED) is 0.900. The van der Waals surface area contributed by atoms with Gasteiger partial charge in [-0.2, -0.15) is 0 Å². The van der Waals surface area contributed by atoms with E-state index in [-0.39, 0.29) is 12.5 Å². The van der Waals surface area contributed by atoms with Crippen molar-refractivity contribution >= 4 is 11.9 Å². The number of benzene rings is 1. The number of aliphatic carboxylic acids is 1. The lowest BCUT2D eigenvalue weighted by atomic mass is 9.90. The molecule has 1 saturated heterocycles. The fraction of sp³-hybridized carbons (Fsp3) is 0.500. The van der Waals surface area contributed by atoms with Gasteiger partial charge in [0.15, 0.2) is 0 Å². The summed E-state index contributed by atoms with van der Waals surface area (Å²) in [7, 11) is 0. The van der Waals surface area contributed by atoms with Crippen LogP contribution in [0.25, 0.3) is 0 Å². The molecule has 1 aromatic carbocycles. The average Bonchev–Trinajstić information content (AvgIpc) is 2.85. The highest BCUT2D eigenvalue weighted by Gasteiger charge is 2.41. The molecule has 21 heavy (non-hydrogen) atoms. The van der Waals surface area contributed by atoms with Crippen LogP contribution in [0.3, 0.4) is 0 Å². The van der Waals surface area contributed by atoms with Crippen LogP contribution in [0, 0.1) is 5.41 Å². The number of ether oxygens (including phenoxy) is 1. The lowest BCUT2D eigenvalue weighted by molar-refractivity contribution is -0.147. The summed E-state index contributed by atoms with van der Waals surface area (Å²) in [5, 5.41) is 9.19. The molecule has 1 N–H and O–H groups in total. The summed E-state index contributed by atoms with van der Waals surface area (Å²) < 4.78 is 5.36. The number of hydrogen-bond donors (Lipinski definition) is 1. The molecule has 5 nitrogen and oxygen atoms in total. The zero-order valence-electron chi connectivity index (χ0n) is 12.5. The standard InChI is InChI=1S/C16H21NO4/c1-3-21-13-6-4-12(5-7-13)10-14(18)17-9-8-16(2,11-17)15(19)20/h4-7H,3,8-11H2,1-2H3,(H,19,20)/t16-/m1/s1. The van der Waals surface area contributed by atoms with Crippen molar-refractivity contribution in [2.45, 2.75) is 26.7 Å². The zero-order chi connectivity index (χ0) is 15.5. The van der Waals surface area contributed by atoms with Gasteiger partial charge in [0.2, 0.25) is 5.91 Å². The molecule has 0 aromatic heterocycles. The molecular weight excluding hydrogens is 270 g/mol. The average molecular weight is 291 g/mol. The molecule has 1 aliphatic rings. The number of hydrogen-bond acceptors (Lipinski definition) is 3. The van der Waals surface area contributed by atoms with E-state index in [9.17, 15) is 14.7 Å². The molecule has 1 atom stereocenters. The number of carboxylic acids is 1. The summed E-state index contributed by atoms with van der Waals surface area (Å²) in [5.74, 6) is -0.0728. The Labute approximate surface area is 124 Å². The lowest BCUT2D eigenvalue weighted by Gasteiger charge is -2.20. The van der Waals surface area contributed by atoms with Crippen LogP contribution in [0.15, 0.2) is 24.3 Å². The molecular formula is C16H21NO4. The van der Waals surface area contributed by atoms with Gasteiger partial charge in [-0.25, -0.2) is 0 Å². The van der Waals surface area contributed by atoms with Crippen LogP contribution in [0.2, 0.25) is 0 Å². The number of amides is 1. The Balaban J connectivity index is 1.94. The first-order chi connectivity index (χ1) is 9.94. The second kappa shape index (κ2) is 6.16. The third kappa shape index (κ3) is 3.54. The van der Waals surface area contributed by atoms with E-state index in [1.165, 1.54) is 0 Å². The van der Waals surface area contributed by atoms with Gasteiger partial charge in [0.1, 0.15) is 5.75 Å². The normalized spacial score (nSPS) is 21.3. The molecule has 1 fully saturated rings. The Bertz CT molecular complexity index is 526. The predicted octanol–water partition coefficient (Wildman–Crippen LogP) is 1.95. The highest BCUT2D eigenvalue weighted by atomic mass is 16.5. The van der Waals surface area contributed by atoms with Crippen LogP contribution in [-0.4, -0.2) is 41.6 Å². The van der Waals surface area contributed by atoms with E-state index in [0.717, 1.165) is 11.3 Å². The Hall–Kier alpha value is -2.04. The summed E-state index contributed by atoms with van der Waals surface area (Å²) in [6.45, 7) is 5.03. The van der Waals surface area contributed by atoms with Crippen molar-refractivity contribution in [1.82, 2.24) is 4.90 Å². The maximum Gasteiger partial charge on any atom is 0.311 e. The van der Waals surface area contributed by atoms with Gasteiger partial charge in [0.25, 0.3) is 0 Å². The fourth-order valence-electron chi connectivity index (χ4n) is 2.51. The first kappa shape index (κ1) is 15.4. The van der Waals surface area contributed by atoms with Gasteiger partial charge in [-0.15, -0.1) is 0 Å². The van der Waals surface area contributed by atoms with Crippen LogP contribution >= 0.6 is 0 Å². The van der Waals surface area contributed by atoms with E-state index in [1.807, 2.05) is 31.2 Å². The minimum absolute atomic E-state index is 0.0239. The second-order valence-electron chi connectivity index (χ2n) is 5.68. The first-order valence-electron chi connectivity index (χ1n) is 7.17. The smallest absolute Gasteiger partial charge is 0.311 e. The number of nitrogens with zero attached hydrogens (tertiary/aromatic N) is 1. The monoisotopic (exact) mass is 291 g/mol. The van der Waals surface area contributed by atoms with Crippen molar-refractivity contribution in [2.24, 2.45) is 5.41 Å². The van der Waals surface area contributed by atoms with Crippen LogP contribution in [0.5, 0.6) is 5.75 Å². The summed E-state index contributed by atoms with van der Waals surface area (Å²) in [4.78, 5) is 25.1. The largest absolute Gasteiger partial charge is 0.494 e.